The van der Waals surface area contributed by atoms with E-state index in [4.69, 9.17) is 5.73 Å². The number of likely N-dealkylation sites (tertiary alicyclic amines) is 1. The van der Waals surface area contributed by atoms with Crippen molar-refractivity contribution >= 4 is 41.7 Å². The molecule has 6 nitrogen and oxygen atoms in total. The highest BCUT2D eigenvalue weighted by Crippen LogP contribution is 2.15. The Morgan fingerprint density at radius 2 is 2.08 bits per heavy atom. The molecule has 1 fully saturated rings. The molecule has 0 atom stereocenters. The van der Waals surface area contributed by atoms with E-state index in [1.807, 2.05) is 41.3 Å². The number of nitrogens with two attached hydrogens (primary N) is 1. The molecule has 0 aliphatic carbocycles. The third kappa shape index (κ3) is 5.70. The third-order valence-electron chi connectivity index (χ3n) is 3.89. The van der Waals surface area contributed by atoms with Crippen LogP contribution in [0.25, 0.3) is 0 Å². The molecule has 3 rings (SSSR count). The van der Waals surface area contributed by atoms with Crippen LogP contribution in [0, 0.1) is 0 Å². The number of hydrogen-bond donors (Lipinski definition) is 2. The minimum absolute atomic E-state index is 0. The van der Waals surface area contributed by atoms with Gasteiger partial charge in [0.15, 0.2) is 5.96 Å². The number of nitrogens with one attached hydrogen (secondary N) is 1. The molecular weight excluding hydrogens is 429 g/mol. The van der Waals surface area contributed by atoms with Gasteiger partial charge in [-0.2, -0.15) is 0 Å². The fraction of sp³-hybridized carbons (Fsp3) is 0.278. The minimum atomic E-state index is 0. The van der Waals surface area contributed by atoms with E-state index in [1.165, 1.54) is 0 Å². The third-order valence-corrected chi connectivity index (χ3v) is 3.89. The number of rotatable bonds is 5. The maximum Gasteiger partial charge on any atom is 0.222 e. The van der Waals surface area contributed by atoms with E-state index in [0.717, 1.165) is 24.1 Å². The van der Waals surface area contributed by atoms with Crippen LogP contribution in [0.3, 0.4) is 0 Å². The van der Waals surface area contributed by atoms with Crippen molar-refractivity contribution in [3.8, 4) is 0 Å². The van der Waals surface area contributed by atoms with Gasteiger partial charge in [-0.3, -0.25) is 4.79 Å². The van der Waals surface area contributed by atoms with Crippen LogP contribution in [0.15, 0.2) is 53.7 Å². The number of carbonyl (C=O) groups excluding carboxylic acids is 1. The second kappa shape index (κ2) is 9.36. The minimum Gasteiger partial charge on any atom is -0.370 e. The molecule has 0 radical (unpaired) electrons. The smallest absolute Gasteiger partial charge is 0.222 e. The largest absolute Gasteiger partial charge is 0.370 e. The Hall–Kier alpha value is -2.16. The van der Waals surface area contributed by atoms with Crippen LogP contribution in [-0.2, 0) is 17.9 Å². The lowest BCUT2D eigenvalue weighted by Crippen LogP contribution is -2.24. The van der Waals surface area contributed by atoms with Gasteiger partial charge < -0.3 is 16.0 Å². The summed E-state index contributed by atoms with van der Waals surface area (Å²) >= 11 is 0. The van der Waals surface area contributed by atoms with Crippen molar-refractivity contribution in [1.82, 2.24) is 9.88 Å². The summed E-state index contributed by atoms with van der Waals surface area (Å²) in [5.41, 5.74) is 8.07. The zero-order chi connectivity index (χ0) is 16.8. The molecule has 132 valence electrons. The summed E-state index contributed by atoms with van der Waals surface area (Å²) in [5, 5.41) is 2.96. The molecule has 7 heteroatoms. The summed E-state index contributed by atoms with van der Waals surface area (Å²) in [6, 6.07) is 13.7. The molecule has 25 heavy (non-hydrogen) atoms. The number of carbonyl (C=O) groups is 1. The number of hydrogen-bond acceptors (Lipinski definition) is 3. The Kier molecular flexibility index (Phi) is 7.17. The molecule has 1 saturated heterocycles. The molecule has 2 heterocycles. The van der Waals surface area contributed by atoms with Gasteiger partial charge in [0.05, 0.1) is 6.54 Å². The topological polar surface area (TPSA) is 83.6 Å². The van der Waals surface area contributed by atoms with Crippen LogP contribution in [0.5, 0.6) is 0 Å². The van der Waals surface area contributed by atoms with E-state index in [0.29, 0.717) is 31.3 Å². The van der Waals surface area contributed by atoms with Gasteiger partial charge >= 0.3 is 0 Å². The average molecular weight is 451 g/mol. The number of aliphatic imine (C=N–C) groups is 1. The van der Waals surface area contributed by atoms with Crippen LogP contribution >= 0.6 is 24.0 Å². The number of guanidine groups is 1. The summed E-state index contributed by atoms with van der Waals surface area (Å²) in [7, 11) is 0. The maximum atomic E-state index is 11.7. The molecule has 1 aliphatic heterocycles. The second-order valence-electron chi connectivity index (χ2n) is 5.78. The Labute approximate surface area is 164 Å². The van der Waals surface area contributed by atoms with Crippen LogP contribution in [0.4, 0.5) is 5.82 Å². The summed E-state index contributed by atoms with van der Waals surface area (Å²) in [6.07, 6.45) is 3.32. The van der Waals surface area contributed by atoms with Crippen molar-refractivity contribution in [2.45, 2.75) is 25.9 Å². The highest BCUT2D eigenvalue weighted by Gasteiger charge is 2.19. The number of amides is 1. The molecular formula is C18H22IN5O. The predicted octanol–water partition coefficient (Wildman–Crippen LogP) is 2.75. The van der Waals surface area contributed by atoms with Gasteiger partial charge in [0.2, 0.25) is 5.91 Å². The SMILES string of the molecule is I.NC(=NCc1cccc(CN2CCCC2=O)c1)Nc1ccccn1. The highest BCUT2D eigenvalue weighted by molar-refractivity contribution is 14.0. The van der Waals surface area contributed by atoms with Crippen LogP contribution in [-0.4, -0.2) is 28.3 Å². The summed E-state index contributed by atoms with van der Waals surface area (Å²) in [6.45, 7) is 1.99. The van der Waals surface area contributed by atoms with E-state index >= 15 is 0 Å². The molecule has 1 amide bonds. The number of halogens is 1. The zero-order valence-electron chi connectivity index (χ0n) is 13.9. The van der Waals surface area contributed by atoms with Crippen LogP contribution < -0.4 is 11.1 Å². The van der Waals surface area contributed by atoms with E-state index < -0.39 is 0 Å². The van der Waals surface area contributed by atoms with Crippen molar-refractivity contribution in [2.75, 3.05) is 11.9 Å². The Bertz CT molecular complexity index is 735. The summed E-state index contributed by atoms with van der Waals surface area (Å²) in [5.74, 6) is 1.23. The van der Waals surface area contributed by atoms with Crippen LogP contribution in [0.1, 0.15) is 24.0 Å². The van der Waals surface area contributed by atoms with Gasteiger partial charge in [0, 0.05) is 25.7 Å². The van der Waals surface area contributed by atoms with Crippen LogP contribution in [0.2, 0.25) is 0 Å². The molecule has 2 aromatic rings. The first kappa shape index (κ1) is 19.2. The highest BCUT2D eigenvalue weighted by atomic mass is 127. The molecule has 0 spiro atoms. The summed E-state index contributed by atoms with van der Waals surface area (Å²) < 4.78 is 0. The van der Waals surface area contributed by atoms with E-state index in [-0.39, 0.29) is 29.9 Å². The number of benzene rings is 1. The molecule has 0 bridgehead atoms. The number of anilines is 1. The predicted molar refractivity (Wildman–Crippen MR) is 110 cm³/mol. The quantitative estimate of drug-likeness (QED) is 0.416. The maximum absolute atomic E-state index is 11.7. The van der Waals surface area contributed by atoms with Gasteiger partial charge in [-0.25, -0.2) is 9.98 Å². The van der Waals surface area contributed by atoms with Crippen molar-refractivity contribution in [3.63, 3.8) is 0 Å². The molecule has 1 aliphatic rings. The second-order valence-corrected chi connectivity index (χ2v) is 5.78. The summed E-state index contributed by atoms with van der Waals surface area (Å²) in [4.78, 5) is 22.1. The lowest BCUT2D eigenvalue weighted by atomic mass is 10.1. The Balaban J connectivity index is 0.00000225. The first-order valence-corrected chi connectivity index (χ1v) is 8.04. The lowest BCUT2D eigenvalue weighted by molar-refractivity contribution is -0.128. The van der Waals surface area contributed by atoms with Gasteiger partial charge in [-0.1, -0.05) is 30.3 Å². The number of nitrogens with zero attached hydrogens (tertiary/aromatic N) is 3. The zero-order valence-corrected chi connectivity index (χ0v) is 16.2. The van der Waals surface area contributed by atoms with Crippen molar-refractivity contribution in [1.29, 1.82) is 0 Å². The molecule has 3 N–H and O–H groups in total. The van der Waals surface area contributed by atoms with Gasteiger partial charge in [0.1, 0.15) is 5.82 Å². The van der Waals surface area contributed by atoms with Crippen molar-refractivity contribution in [2.24, 2.45) is 10.7 Å². The molecule has 1 aromatic carbocycles. The Morgan fingerprint density at radius 1 is 1.24 bits per heavy atom. The molecule has 0 saturated carbocycles. The molecule has 0 unspecified atom stereocenters. The Morgan fingerprint density at radius 3 is 2.80 bits per heavy atom. The monoisotopic (exact) mass is 451 g/mol. The first-order chi connectivity index (χ1) is 11.7. The van der Waals surface area contributed by atoms with Gasteiger partial charge in [-0.05, 0) is 29.7 Å². The van der Waals surface area contributed by atoms with E-state index in [2.05, 4.69) is 21.4 Å². The number of pyridine rings is 1. The van der Waals surface area contributed by atoms with E-state index in [9.17, 15) is 4.79 Å². The average Bonchev–Trinajstić information content (AvgIpc) is 2.99. The normalized spacial score (nSPS) is 14.3. The fourth-order valence-corrected chi connectivity index (χ4v) is 2.70. The van der Waals surface area contributed by atoms with Crippen molar-refractivity contribution < 1.29 is 4.79 Å². The fourth-order valence-electron chi connectivity index (χ4n) is 2.70. The van der Waals surface area contributed by atoms with Gasteiger partial charge in [-0.15, -0.1) is 24.0 Å². The van der Waals surface area contributed by atoms with Gasteiger partial charge in [0.25, 0.3) is 0 Å². The molecule has 1 aromatic heterocycles. The standard InChI is InChI=1S/C18H21N5O.HI/c19-18(22-16-7-1-2-9-20-16)21-12-14-5-3-6-15(11-14)13-23-10-4-8-17(23)24;/h1-3,5-7,9,11H,4,8,10,12-13H2,(H3,19,20,21,22);1H. The van der Waals surface area contributed by atoms with Crippen molar-refractivity contribution in [3.05, 3.63) is 59.8 Å². The van der Waals surface area contributed by atoms with E-state index in [1.54, 1.807) is 6.20 Å². The first-order valence-electron chi connectivity index (χ1n) is 8.04. The number of aromatic nitrogens is 1. The lowest BCUT2D eigenvalue weighted by Gasteiger charge is -2.15.